The van der Waals surface area contributed by atoms with Gasteiger partial charge >= 0.3 is 8.80 Å². The normalized spacial score (nSPS) is 11.7. The van der Waals surface area contributed by atoms with E-state index in [4.69, 9.17) is 13.3 Å². The fourth-order valence-electron chi connectivity index (χ4n) is 0.898. The second-order valence-electron chi connectivity index (χ2n) is 2.58. The second kappa shape index (κ2) is 5.48. The van der Waals surface area contributed by atoms with Gasteiger partial charge < -0.3 is 13.3 Å². The Labute approximate surface area is 75.7 Å². The molecule has 0 aliphatic carbocycles. The molecule has 0 saturated carbocycles. The molecule has 0 radical (unpaired) electrons. The molecule has 0 aromatic heterocycles. The fourth-order valence-corrected chi connectivity index (χ4v) is 2.69. The quantitative estimate of drug-likeness (QED) is 0.472. The minimum absolute atomic E-state index is 0.701. The maximum absolute atomic E-state index is 5.24. The zero-order valence-electron chi connectivity index (χ0n) is 8.35. The molecule has 0 N–H and O–H groups in total. The molecule has 0 spiro atoms. The summed E-state index contributed by atoms with van der Waals surface area (Å²) in [6, 6.07) is 0.701. The van der Waals surface area contributed by atoms with E-state index in [1.54, 1.807) is 21.3 Å². The van der Waals surface area contributed by atoms with Gasteiger partial charge in [0.1, 0.15) is 0 Å². The fraction of sp³-hybridized carbons (Fsp3) is 0.750. The Bertz CT molecular complexity index is 135. The molecule has 0 heterocycles. The van der Waals surface area contributed by atoms with E-state index in [9.17, 15) is 0 Å². The summed E-state index contributed by atoms with van der Waals surface area (Å²) in [5, 5.41) is 0. The van der Waals surface area contributed by atoms with Crippen molar-refractivity contribution in [2.45, 2.75) is 19.4 Å². The molecule has 0 aromatic rings. The second-order valence-corrected chi connectivity index (χ2v) is 5.52. The van der Waals surface area contributed by atoms with E-state index < -0.39 is 8.80 Å². The summed E-state index contributed by atoms with van der Waals surface area (Å²) in [4.78, 5) is 0. The zero-order valence-corrected chi connectivity index (χ0v) is 9.35. The maximum Gasteiger partial charge on any atom is 0.504 e. The van der Waals surface area contributed by atoms with Gasteiger partial charge in [-0.2, -0.15) is 0 Å². The average Bonchev–Trinajstić information content (AvgIpc) is 2.14. The summed E-state index contributed by atoms with van der Waals surface area (Å²) >= 11 is 0. The van der Waals surface area contributed by atoms with E-state index in [0.29, 0.717) is 6.04 Å². The van der Waals surface area contributed by atoms with Crippen LogP contribution in [0.5, 0.6) is 0 Å². The largest absolute Gasteiger partial charge is 0.504 e. The lowest BCUT2D eigenvalue weighted by Gasteiger charge is -2.24. The molecule has 0 aromatic carbocycles. The number of rotatable bonds is 6. The lowest BCUT2D eigenvalue weighted by Crippen LogP contribution is -2.42. The van der Waals surface area contributed by atoms with Gasteiger partial charge in [-0.1, -0.05) is 19.1 Å². The van der Waals surface area contributed by atoms with E-state index >= 15 is 0 Å². The van der Waals surface area contributed by atoms with E-state index in [0.717, 1.165) is 12.0 Å². The van der Waals surface area contributed by atoms with Gasteiger partial charge in [0.2, 0.25) is 0 Å². The lowest BCUT2D eigenvalue weighted by atomic mass is 10.3. The minimum atomic E-state index is -2.40. The van der Waals surface area contributed by atoms with Gasteiger partial charge in [0.15, 0.2) is 0 Å². The summed E-state index contributed by atoms with van der Waals surface area (Å²) in [7, 11) is 2.44. The summed E-state index contributed by atoms with van der Waals surface area (Å²) in [5.41, 5.74) is 1.10. The van der Waals surface area contributed by atoms with Crippen molar-refractivity contribution in [3.05, 3.63) is 12.2 Å². The highest BCUT2D eigenvalue weighted by atomic mass is 28.4. The molecule has 0 bridgehead atoms. The lowest BCUT2D eigenvalue weighted by molar-refractivity contribution is 0.126. The van der Waals surface area contributed by atoms with Crippen LogP contribution >= 0.6 is 0 Å². The van der Waals surface area contributed by atoms with Crippen molar-refractivity contribution in [2.75, 3.05) is 21.3 Å². The Hall–Kier alpha value is -0.163. The maximum atomic E-state index is 5.24. The molecule has 0 atom stereocenters. The molecule has 0 aliphatic heterocycles. The van der Waals surface area contributed by atoms with E-state index in [-0.39, 0.29) is 0 Å². The smallest absolute Gasteiger partial charge is 0.377 e. The molecular weight excluding hydrogens is 172 g/mol. The van der Waals surface area contributed by atoms with Crippen LogP contribution in [0, 0.1) is 0 Å². The van der Waals surface area contributed by atoms with Gasteiger partial charge in [-0.3, -0.25) is 0 Å². The van der Waals surface area contributed by atoms with Crippen LogP contribution in [0.1, 0.15) is 13.3 Å². The number of hydrogen-bond acceptors (Lipinski definition) is 3. The van der Waals surface area contributed by atoms with Gasteiger partial charge in [0, 0.05) is 27.4 Å². The molecule has 0 aliphatic rings. The molecule has 0 fully saturated rings. The highest BCUT2D eigenvalue weighted by molar-refractivity contribution is 6.61. The molecule has 72 valence electrons. The predicted molar refractivity (Wildman–Crippen MR) is 51.0 cm³/mol. The highest BCUT2D eigenvalue weighted by Crippen LogP contribution is 2.19. The van der Waals surface area contributed by atoms with Gasteiger partial charge in [0.05, 0.1) is 0 Å². The number of hydrogen-bond donors (Lipinski definition) is 0. The summed E-state index contributed by atoms with van der Waals surface area (Å²) in [6.45, 7) is 5.95. The minimum Gasteiger partial charge on any atom is -0.377 e. The molecule has 0 saturated heterocycles. The number of allylic oxidation sites excluding steroid dienone is 1. The Morgan fingerprint density at radius 2 is 1.58 bits per heavy atom. The van der Waals surface area contributed by atoms with Crippen LogP contribution in [-0.4, -0.2) is 30.1 Å². The van der Waals surface area contributed by atoms with Crippen LogP contribution in [0.3, 0.4) is 0 Å². The molecule has 12 heavy (non-hydrogen) atoms. The van der Waals surface area contributed by atoms with Crippen molar-refractivity contribution < 1.29 is 13.3 Å². The third-order valence-corrected chi connectivity index (χ3v) is 4.70. The SMILES string of the molecule is C=C(CC)C[Si](OC)(OC)OC. The Morgan fingerprint density at radius 1 is 1.17 bits per heavy atom. The van der Waals surface area contributed by atoms with Gasteiger partial charge in [-0.25, -0.2) is 0 Å². The molecule has 0 rings (SSSR count). The Kier molecular flexibility index (Phi) is 5.40. The molecule has 3 nitrogen and oxygen atoms in total. The third-order valence-electron chi connectivity index (χ3n) is 1.90. The van der Waals surface area contributed by atoms with Crippen LogP contribution in [0.15, 0.2) is 12.2 Å². The average molecular weight is 190 g/mol. The standard InChI is InChI=1S/C8H18O3Si/c1-6-8(2)7-12(9-3,10-4)11-5/h2,6-7H2,1,3-5H3. The first-order valence-corrected chi connectivity index (χ1v) is 5.89. The van der Waals surface area contributed by atoms with Crippen molar-refractivity contribution in [3.63, 3.8) is 0 Å². The van der Waals surface area contributed by atoms with Crippen molar-refractivity contribution in [3.8, 4) is 0 Å². The van der Waals surface area contributed by atoms with Crippen molar-refractivity contribution >= 4 is 8.80 Å². The van der Waals surface area contributed by atoms with E-state index in [1.165, 1.54) is 0 Å². The van der Waals surface area contributed by atoms with Crippen molar-refractivity contribution in [2.24, 2.45) is 0 Å². The van der Waals surface area contributed by atoms with Crippen LogP contribution < -0.4 is 0 Å². The van der Waals surface area contributed by atoms with Gasteiger partial charge in [-0.05, 0) is 6.42 Å². The monoisotopic (exact) mass is 190 g/mol. The summed E-state index contributed by atoms with van der Waals surface area (Å²) in [5.74, 6) is 0. The summed E-state index contributed by atoms with van der Waals surface area (Å²) < 4.78 is 15.7. The highest BCUT2D eigenvalue weighted by Gasteiger charge is 2.37. The molecule has 4 heteroatoms. The molecule has 0 unspecified atom stereocenters. The van der Waals surface area contributed by atoms with Crippen LogP contribution in [0.25, 0.3) is 0 Å². The first-order valence-electron chi connectivity index (χ1n) is 3.96. The Morgan fingerprint density at radius 3 is 1.83 bits per heavy atom. The first kappa shape index (κ1) is 11.8. The van der Waals surface area contributed by atoms with Crippen molar-refractivity contribution in [1.29, 1.82) is 0 Å². The summed E-state index contributed by atoms with van der Waals surface area (Å²) in [6.07, 6.45) is 0.935. The van der Waals surface area contributed by atoms with Gasteiger partial charge in [-0.15, -0.1) is 0 Å². The zero-order chi connectivity index (χ0) is 9.61. The topological polar surface area (TPSA) is 27.7 Å². The Balaban J connectivity index is 4.19. The van der Waals surface area contributed by atoms with Crippen LogP contribution in [0.4, 0.5) is 0 Å². The van der Waals surface area contributed by atoms with E-state index in [1.807, 2.05) is 0 Å². The first-order chi connectivity index (χ1) is 5.64. The van der Waals surface area contributed by atoms with E-state index in [2.05, 4.69) is 13.5 Å². The van der Waals surface area contributed by atoms with Crippen LogP contribution in [-0.2, 0) is 13.3 Å². The van der Waals surface area contributed by atoms with Crippen LogP contribution in [0.2, 0.25) is 6.04 Å². The predicted octanol–water partition coefficient (Wildman–Crippen LogP) is 1.83. The third kappa shape index (κ3) is 3.06. The van der Waals surface area contributed by atoms with Gasteiger partial charge in [0.25, 0.3) is 0 Å². The van der Waals surface area contributed by atoms with Crippen molar-refractivity contribution in [1.82, 2.24) is 0 Å². The molecule has 0 amide bonds. The molecular formula is C8H18O3Si.